The lowest BCUT2D eigenvalue weighted by Gasteiger charge is -2.32. The molecule has 1 saturated carbocycles. The molecule has 1 aromatic rings. The number of aliphatic carboxylic acids is 1. The molecule has 1 aliphatic rings. The second kappa shape index (κ2) is 4.66. The van der Waals surface area contributed by atoms with Crippen LogP contribution in [0.4, 0.5) is 0 Å². The average molecular weight is 259 g/mol. The highest BCUT2D eigenvalue weighted by atomic mass is 16.4. The first kappa shape index (κ1) is 14.1. The summed E-state index contributed by atoms with van der Waals surface area (Å²) in [7, 11) is 0. The van der Waals surface area contributed by atoms with Gasteiger partial charge in [-0.3, -0.25) is 0 Å². The van der Waals surface area contributed by atoms with Crippen molar-refractivity contribution in [2.75, 3.05) is 0 Å². The van der Waals surface area contributed by atoms with Crippen LogP contribution in [0, 0.1) is 31.1 Å². The Morgan fingerprint density at radius 2 is 1.95 bits per heavy atom. The molecule has 0 spiro atoms. The second-order valence-corrected chi connectivity index (χ2v) is 6.68. The van der Waals surface area contributed by atoms with E-state index in [4.69, 9.17) is 0 Å². The third-order valence-corrected chi connectivity index (χ3v) is 5.27. The van der Waals surface area contributed by atoms with Crippen LogP contribution in [0.1, 0.15) is 49.8 Å². The third kappa shape index (κ3) is 2.29. The van der Waals surface area contributed by atoms with Crippen LogP contribution < -0.4 is 5.11 Å². The molecule has 19 heavy (non-hydrogen) atoms. The average Bonchev–Trinajstić information content (AvgIpc) is 2.52. The standard InChI is InChI=1S/C17H24O2/c1-10-6-7-13(11(2)8-10)14-9-15(16(18)19)17(4,5)12(14)3/h6-8,12,14-15H,9H2,1-5H3,(H,18,19)/p-1/t12-,14+,15-/m1/s1. The fourth-order valence-electron chi connectivity index (χ4n) is 3.64. The Labute approximate surface area is 115 Å². The minimum absolute atomic E-state index is 0.208. The Balaban J connectivity index is 2.39. The van der Waals surface area contributed by atoms with E-state index < -0.39 is 5.97 Å². The molecule has 2 heteroatoms. The van der Waals surface area contributed by atoms with E-state index >= 15 is 0 Å². The van der Waals surface area contributed by atoms with E-state index in [-0.39, 0.29) is 11.3 Å². The summed E-state index contributed by atoms with van der Waals surface area (Å²) in [5.74, 6) is -0.590. The Morgan fingerprint density at radius 1 is 1.32 bits per heavy atom. The van der Waals surface area contributed by atoms with E-state index in [0.29, 0.717) is 18.3 Å². The Kier molecular flexibility index (Phi) is 3.46. The van der Waals surface area contributed by atoms with Crippen LogP contribution in [0.15, 0.2) is 18.2 Å². The topological polar surface area (TPSA) is 40.1 Å². The number of aryl methyl sites for hydroxylation is 2. The van der Waals surface area contributed by atoms with Crippen molar-refractivity contribution in [1.82, 2.24) is 0 Å². The summed E-state index contributed by atoms with van der Waals surface area (Å²) in [6, 6.07) is 6.47. The largest absolute Gasteiger partial charge is 0.550 e. The van der Waals surface area contributed by atoms with Crippen molar-refractivity contribution in [2.24, 2.45) is 17.3 Å². The smallest absolute Gasteiger partial charge is 0.0450 e. The number of rotatable bonds is 2. The van der Waals surface area contributed by atoms with Gasteiger partial charge in [0.25, 0.3) is 0 Å². The third-order valence-electron chi connectivity index (χ3n) is 5.27. The van der Waals surface area contributed by atoms with Gasteiger partial charge in [-0.1, -0.05) is 44.5 Å². The molecule has 2 rings (SSSR count). The number of carboxylic acid groups (broad SMARTS) is 1. The zero-order chi connectivity index (χ0) is 14.4. The van der Waals surface area contributed by atoms with Crippen molar-refractivity contribution in [2.45, 2.75) is 47.0 Å². The zero-order valence-electron chi connectivity index (χ0n) is 12.5. The fraction of sp³-hybridized carbons (Fsp3) is 0.588. The predicted octanol–water partition coefficient (Wildman–Crippen LogP) is 2.82. The highest BCUT2D eigenvalue weighted by Gasteiger charge is 2.47. The molecule has 0 aromatic heterocycles. The molecule has 1 aromatic carbocycles. The van der Waals surface area contributed by atoms with E-state index in [1.54, 1.807) is 0 Å². The van der Waals surface area contributed by atoms with Gasteiger partial charge >= 0.3 is 0 Å². The quantitative estimate of drug-likeness (QED) is 0.819. The van der Waals surface area contributed by atoms with Gasteiger partial charge in [-0.05, 0) is 48.6 Å². The van der Waals surface area contributed by atoms with Crippen LogP contribution in [0.5, 0.6) is 0 Å². The monoisotopic (exact) mass is 259 g/mol. The maximum atomic E-state index is 11.4. The molecule has 1 fully saturated rings. The first-order chi connectivity index (χ1) is 8.75. The van der Waals surface area contributed by atoms with Crippen molar-refractivity contribution >= 4 is 5.97 Å². The first-order valence-corrected chi connectivity index (χ1v) is 7.03. The molecule has 3 atom stereocenters. The van der Waals surface area contributed by atoms with E-state index in [2.05, 4.69) is 52.8 Å². The molecule has 0 amide bonds. The van der Waals surface area contributed by atoms with Crippen LogP contribution in [0.3, 0.4) is 0 Å². The van der Waals surface area contributed by atoms with E-state index in [0.717, 1.165) is 0 Å². The molecule has 0 unspecified atom stereocenters. The lowest BCUT2D eigenvalue weighted by Crippen LogP contribution is -2.38. The van der Waals surface area contributed by atoms with Crippen LogP contribution in [-0.2, 0) is 4.79 Å². The minimum atomic E-state index is -0.899. The van der Waals surface area contributed by atoms with Gasteiger partial charge in [-0.15, -0.1) is 0 Å². The van der Waals surface area contributed by atoms with Gasteiger partial charge in [0.05, 0.1) is 0 Å². The van der Waals surface area contributed by atoms with E-state index in [1.807, 2.05) is 0 Å². The lowest BCUT2D eigenvalue weighted by molar-refractivity contribution is -0.314. The molecular weight excluding hydrogens is 236 g/mol. The summed E-state index contributed by atoms with van der Waals surface area (Å²) in [6.07, 6.45) is 0.695. The van der Waals surface area contributed by atoms with E-state index in [1.165, 1.54) is 16.7 Å². The minimum Gasteiger partial charge on any atom is -0.550 e. The molecule has 104 valence electrons. The van der Waals surface area contributed by atoms with Gasteiger partial charge in [-0.25, -0.2) is 0 Å². The van der Waals surface area contributed by atoms with Crippen LogP contribution in [0.25, 0.3) is 0 Å². The van der Waals surface area contributed by atoms with Crippen molar-refractivity contribution < 1.29 is 9.90 Å². The predicted molar refractivity (Wildman–Crippen MR) is 74.7 cm³/mol. The number of carboxylic acids is 1. The summed E-state index contributed by atoms with van der Waals surface area (Å²) in [4.78, 5) is 11.4. The van der Waals surface area contributed by atoms with Crippen LogP contribution in [-0.4, -0.2) is 5.97 Å². The van der Waals surface area contributed by atoms with Crippen molar-refractivity contribution in [3.05, 3.63) is 34.9 Å². The fourth-order valence-corrected chi connectivity index (χ4v) is 3.64. The molecule has 0 aliphatic heterocycles. The Bertz CT molecular complexity index is 502. The normalized spacial score (nSPS) is 29.4. The van der Waals surface area contributed by atoms with Gasteiger partial charge in [0.1, 0.15) is 0 Å². The van der Waals surface area contributed by atoms with E-state index in [9.17, 15) is 9.90 Å². The van der Waals surface area contributed by atoms with Crippen molar-refractivity contribution in [1.29, 1.82) is 0 Å². The van der Waals surface area contributed by atoms with Gasteiger partial charge in [-0.2, -0.15) is 0 Å². The molecule has 0 radical (unpaired) electrons. The van der Waals surface area contributed by atoms with Crippen molar-refractivity contribution in [3.63, 3.8) is 0 Å². The number of benzene rings is 1. The molecule has 0 saturated heterocycles. The zero-order valence-corrected chi connectivity index (χ0v) is 12.5. The molecule has 0 heterocycles. The number of hydrogen-bond donors (Lipinski definition) is 0. The maximum Gasteiger partial charge on any atom is 0.0450 e. The summed E-state index contributed by atoms with van der Waals surface area (Å²) >= 11 is 0. The first-order valence-electron chi connectivity index (χ1n) is 7.03. The van der Waals surface area contributed by atoms with Gasteiger partial charge in [0.2, 0.25) is 0 Å². The summed E-state index contributed by atoms with van der Waals surface area (Å²) in [5.41, 5.74) is 3.62. The van der Waals surface area contributed by atoms with Crippen LogP contribution in [0.2, 0.25) is 0 Å². The highest BCUT2D eigenvalue weighted by Crippen LogP contribution is 2.54. The molecule has 0 N–H and O–H groups in total. The number of carbonyl (C=O) groups is 1. The number of hydrogen-bond acceptors (Lipinski definition) is 2. The molecular formula is C17H23O2-. The SMILES string of the molecule is Cc1ccc([C@H]2C[C@H](C(=O)[O-])C(C)(C)[C@@H]2C)c(C)c1. The van der Waals surface area contributed by atoms with Crippen molar-refractivity contribution in [3.8, 4) is 0 Å². The van der Waals surface area contributed by atoms with Gasteiger partial charge in [0, 0.05) is 11.9 Å². The number of carbonyl (C=O) groups excluding carboxylic acids is 1. The summed E-state index contributed by atoms with van der Waals surface area (Å²) < 4.78 is 0. The van der Waals surface area contributed by atoms with Crippen LogP contribution >= 0.6 is 0 Å². The molecule has 2 nitrogen and oxygen atoms in total. The molecule has 0 bridgehead atoms. The van der Waals surface area contributed by atoms with Gasteiger partial charge in [0.15, 0.2) is 0 Å². The maximum absolute atomic E-state index is 11.4. The Morgan fingerprint density at radius 3 is 2.42 bits per heavy atom. The lowest BCUT2D eigenvalue weighted by atomic mass is 9.74. The second-order valence-electron chi connectivity index (χ2n) is 6.68. The van der Waals surface area contributed by atoms with Gasteiger partial charge < -0.3 is 9.90 Å². The summed E-state index contributed by atoms with van der Waals surface area (Å²) in [6.45, 7) is 10.5. The highest BCUT2D eigenvalue weighted by molar-refractivity contribution is 5.69. The molecule has 1 aliphatic carbocycles. The summed E-state index contributed by atoms with van der Waals surface area (Å²) in [5, 5.41) is 11.4. The Hall–Kier alpha value is -1.31.